The van der Waals surface area contributed by atoms with E-state index in [4.69, 9.17) is 4.74 Å². The Hall–Kier alpha value is -2.17. The SMILES string of the molecule is CCC[C@@H](C)COC(=O)C(=O)c1c[nH]c2c(C)nccc12. The van der Waals surface area contributed by atoms with E-state index >= 15 is 0 Å². The van der Waals surface area contributed by atoms with Crippen LogP contribution < -0.4 is 0 Å². The van der Waals surface area contributed by atoms with E-state index in [1.165, 1.54) is 0 Å². The molecule has 0 aliphatic carbocycles. The Bertz CT molecular complexity index is 661. The van der Waals surface area contributed by atoms with Crippen LogP contribution in [0, 0.1) is 12.8 Å². The Morgan fingerprint density at radius 1 is 1.43 bits per heavy atom. The predicted octanol–water partition coefficient (Wildman–Crippen LogP) is 3.03. The Morgan fingerprint density at radius 3 is 2.90 bits per heavy atom. The van der Waals surface area contributed by atoms with Crippen molar-refractivity contribution < 1.29 is 14.3 Å². The molecule has 21 heavy (non-hydrogen) atoms. The lowest BCUT2D eigenvalue weighted by atomic mass is 10.1. The molecule has 0 aromatic carbocycles. The number of hydrogen-bond donors (Lipinski definition) is 1. The molecule has 1 atom stereocenters. The van der Waals surface area contributed by atoms with Gasteiger partial charge in [-0.1, -0.05) is 20.3 Å². The van der Waals surface area contributed by atoms with Crippen molar-refractivity contribution in [2.24, 2.45) is 5.92 Å². The van der Waals surface area contributed by atoms with Gasteiger partial charge in [0.2, 0.25) is 0 Å². The van der Waals surface area contributed by atoms with Gasteiger partial charge >= 0.3 is 5.97 Å². The summed E-state index contributed by atoms with van der Waals surface area (Å²) < 4.78 is 5.10. The molecule has 0 aliphatic rings. The molecule has 0 bridgehead atoms. The molecule has 112 valence electrons. The van der Waals surface area contributed by atoms with Crippen LogP contribution in [0.2, 0.25) is 0 Å². The van der Waals surface area contributed by atoms with E-state index in [9.17, 15) is 9.59 Å². The lowest BCUT2D eigenvalue weighted by molar-refractivity contribution is -0.139. The fourth-order valence-corrected chi connectivity index (χ4v) is 2.35. The van der Waals surface area contributed by atoms with Crippen molar-refractivity contribution in [1.29, 1.82) is 0 Å². The minimum atomic E-state index is -0.798. The van der Waals surface area contributed by atoms with Gasteiger partial charge in [-0.2, -0.15) is 0 Å². The number of ketones is 1. The number of carbonyl (C=O) groups excluding carboxylic acids is 2. The average Bonchev–Trinajstić information content (AvgIpc) is 2.89. The van der Waals surface area contributed by atoms with E-state index in [2.05, 4.69) is 16.9 Å². The maximum absolute atomic E-state index is 12.2. The maximum Gasteiger partial charge on any atom is 0.379 e. The van der Waals surface area contributed by atoms with Crippen LogP contribution in [0.15, 0.2) is 18.5 Å². The number of esters is 1. The number of pyridine rings is 1. The molecule has 5 nitrogen and oxygen atoms in total. The van der Waals surface area contributed by atoms with Gasteiger partial charge in [-0.15, -0.1) is 0 Å². The lowest BCUT2D eigenvalue weighted by Gasteiger charge is -2.09. The number of aryl methyl sites for hydroxylation is 1. The van der Waals surface area contributed by atoms with Gasteiger partial charge in [0.05, 0.1) is 23.4 Å². The third-order valence-corrected chi connectivity index (χ3v) is 3.50. The van der Waals surface area contributed by atoms with E-state index in [-0.39, 0.29) is 12.5 Å². The molecule has 0 aliphatic heterocycles. The number of rotatable bonds is 6. The summed E-state index contributed by atoms with van der Waals surface area (Å²) in [5.74, 6) is -1.15. The molecule has 0 unspecified atom stereocenters. The predicted molar refractivity (Wildman–Crippen MR) is 80.2 cm³/mol. The number of carbonyl (C=O) groups is 2. The molecule has 0 amide bonds. The van der Waals surface area contributed by atoms with Crippen molar-refractivity contribution in [3.05, 3.63) is 29.7 Å². The minimum Gasteiger partial charge on any atom is -0.459 e. The first-order valence-electron chi connectivity index (χ1n) is 7.18. The molecule has 2 heterocycles. The first-order valence-corrected chi connectivity index (χ1v) is 7.18. The highest BCUT2D eigenvalue weighted by Gasteiger charge is 2.22. The summed E-state index contributed by atoms with van der Waals surface area (Å²) in [5, 5.41) is 0.700. The van der Waals surface area contributed by atoms with Crippen molar-refractivity contribution in [3.8, 4) is 0 Å². The molecule has 0 saturated heterocycles. The second-order valence-corrected chi connectivity index (χ2v) is 5.34. The minimum absolute atomic E-state index is 0.265. The molecule has 2 aromatic rings. The van der Waals surface area contributed by atoms with E-state index in [0.29, 0.717) is 10.9 Å². The second kappa shape index (κ2) is 6.52. The zero-order valence-electron chi connectivity index (χ0n) is 12.6. The summed E-state index contributed by atoms with van der Waals surface area (Å²) in [4.78, 5) is 31.2. The fraction of sp³-hybridized carbons (Fsp3) is 0.438. The molecular formula is C16H20N2O3. The highest BCUT2D eigenvalue weighted by atomic mass is 16.5. The molecule has 0 fully saturated rings. The van der Waals surface area contributed by atoms with Gasteiger partial charge < -0.3 is 9.72 Å². The van der Waals surface area contributed by atoms with Crippen LogP contribution in [0.3, 0.4) is 0 Å². The number of aromatic amines is 1. The van der Waals surface area contributed by atoms with Crippen LogP contribution in [0.1, 0.15) is 42.7 Å². The maximum atomic E-state index is 12.2. The zero-order valence-corrected chi connectivity index (χ0v) is 12.6. The molecule has 5 heteroatoms. The van der Waals surface area contributed by atoms with E-state index in [1.54, 1.807) is 18.5 Å². The topological polar surface area (TPSA) is 72.1 Å². The van der Waals surface area contributed by atoms with E-state index < -0.39 is 11.8 Å². The van der Waals surface area contributed by atoms with Crippen LogP contribution >= 0.6 is 0 Å². The van der Waals surface area contributed by atoms with Gasteiger partial charge in [0.1, 0.15) is 0 Å². The van der Waals surface area contributed by atoms with Gasteiger partial charge in [0.15, 0.2) is 0 Å². The van der Waals surface area contributed by atoms with Crippen LogP contribution in [0.4, 0.5) is 0 Å². The Labute approximate surface area is 123 Å². The van der Waals surface area contributed by atoms with Gasteiger partial charge in [0, 0.05) is 17.8 Å². The van der Waals surface area contributed by atoms with Gasteiger partial charge in [-0.05, 0) is 25.3 Å². The summed E-state index contributed by atoms with van der Waals surface area (Å²) in [5.41, 5.74) is 1.90. The molecule has 2 aromatic heterocycles. The van der Waals surface area contributed by atoms with Crippen LogP contribution in [0.25, 0.3) is 10.9 Å². The number of aromatic nitrogens is 2. The van der Waals surface area contributed by atoms with Gasteiger partial charge in [-0.25, -0.2) is 4.79 Å². The number of nitrogens with zero attached hydrogens (tertiary/aromatic N) is 1. The van der Waals surface area contributed by atoms with E-state index in [0.717, 1.165) is 24.1 Å². The molecule has 0 spiro atoms. The largest absolute Gasteiger partial charge is 0.459 e. The number of hydrogen-bond acceptors (Lipinski definition) is 4. The normalized spacial score (nSPS) is 12.3. The van der Waals surface area contributed by atoms with Gasteiger partial charge in [0.25, 0.3) is 5.78 Å². The van der Waals surface area contributed by atoms with Crippen molar-refractivity contribution in [3.63, 3.8) is 0 Å². The van der Waals surface area contributed by atoms with Crippen LogP contribution in [0.5, 0.6) is 0 Å². The average molecular weight is 288 g/mol. The van der Waals surface area contributed by atoms with Gasteiger partial charge in [-0.3, -0.25) is 9.78 Å². The third-order valence-electron chi connectivity index (χ3n) is 3.50. The summed E-state index contributed by atoms with van der Waals surface area (Å²) in [6.45, 7) is 6.20. The summed E-state index contributed by atoms with van der Waals surface area (Å²) in [6, 6.07) is 1.72. The molecule has 0 radical (unpaired) electrons. The van der Waals surface area contributed by atoms with Crippen LogP contribution in [-0.4, -0.2) is 28.3 Å². The highest BCUT2D eigenvalue weighted by Crippen LogP contribution is 2.20. The Balaban J connectivity index is 2.11. The molecule has 1 N–H and O–H groups in total. The Morgan fingerprint density at radius 2 is 2.19 bits per heavy atom. The first-order chi connectivity index (χ1) is 10.0. The number of ether oxygens (including phenoxy) is 1. The quantitative estimate of drug-likeness (QED) is 0.504. The summed E-state index contributed by atoms with van der Waals surface area (Å²) in [7, 11) is 0. The fourth-order valence-electron chi connectivity index (χ4n) is 2.35. The number of H-pyrrole nitrogens is 1. The lowest BCUT2D eigenvalue weighted by Crippen LogP contribution is -2.20. The zero-order chi connectivity index (χ0) is 15.4. The van der Waals surface area contributed by atoms with Crippen molar-refractivity contribution in [2.45, 2.75) is 33.6 Å². The first kappa shape index (κ1) is 15.2. The number of fused-ring (bicyclic) bond motifs is 1. The van der Waals surface area contributed by atoms with Crippen molar-refractivity contribution >= 4 is 22.7 Å². The van der Waals surface area contributed by atoms with Crippen LogP contribution in [-0.2, 0) is 9.53 Å². The second-order valence-electron chi connectivity index (χ2n) is 5.34. The van der Waals surface area contributed by atoms with Crippen molar-refractivity contribution in [1.82, 2.24) is 9.97 Å². The molecule has 2 rings (SSSR count). The Kier molecular flexibility index (Phi) is 4.73. The third kappa shape index (κ3) is 3.29. The van der Waals surface area contributed by atoms with E-state index in [1.807, 2.05) is 13.8 Å². The number of Topliss-reactive ketones (excluding diaryl/α,β-unsaturated/α-hetero) is 1. The molecule has 0 saturated carbocycles. The summed E-state index contributed by atoms with van der Waals surface area (Å²) >= 11 is 0. The smallest absolute Gasteiger partial charge is 0.379 e. The monoisotopic (exact) mass is 288 g/mol. The number of nitrogens with one attached hydrogen (secondary N) is 1. The highest BCUT2D eigenvalue weighted by molar-refractivity contribution is 6.43. The molecular weight excluding hydrogens is 268 g/mol. The van der Waals surface area contributed by atoms with Crippen molar-refractivity contribution in [2.75, 3.05) is 6.61 Å². The standard InChI is InChI=1S/C16H20N2O3/c1-4-5-10(2)9-21-16(20)15(19)13-8-18-14-11(3)17-7-6-12(13)14/h6-8,10,18H,4-5,9H2,1-3H3/t10-/m1/s1. The summed E-state index contributed by atoms with van der Waals surface area (Å²) in [6.07, 6.45) is 5.16.